The maximum Gasteiger partial charge on any atom is 0.142 e. The molecular weight excluding hydrogens is 268 g/mol. The molecule has 21 heavy (non-hydrogen) atoms. The van der Waals surface area contributed by atoms with Gasteiger partial charge in [-0.3, -0.25) is 0 Å². The fourth-order valence-electron chi connectivity index (χ4n) is 1.94. The number of rotatable bonds is 6. The standard InChI is InChI=1S/C15H20N4O2/c1-10-4-5-12(21-3)11(8-10)17-15-9-13(16)18-14(19-15)6-7-20-2/h4-5,8-9H,6-7H2,1-3H3,(H3,16,17,18,19). The van der Waals surface area contributed by atoms with Gasteiger partial charge in [0.15, 0.2) is 0 Å². The van der Waals surface area contributed by atoms with Crippen molar-refractivity contribution in [2.24, 2.45) is 0 Å². The van der Waals surface area contributed by atoms with Crippen LogP contribution in [0.3, 0.4) is 0 Å². The van der Waals surface area contributed by atoms with Gasteiger partial charge in [0, 0.05) is 19.6 Å². The SMILES string of the molecule is COCCc1nc(N)cc(Nc2cc(C)ccc2OC)n1. The van der Waals surface area contributed by atoms with E-state index in [4.69, 9.17) is 15.2 Å². The second-order valence-electron chi connectivity index (χ2n) is 4.67. The summed E-state index contributed by atoms with van der Waals surface area (Å²) >= 11 is 0. The summed E-state index contributed by atoms with van der Waals surface area (Å²) in [6.07, 6.45) is 0.612. The van der Waals surface area contributed by atoms with Gasteiger partial charge >= 0.3 is 0 Å². The first-order valence-corrected chi connectivity index (χ1v) is 6.66. The largest absolute Gasteiger partial charge is 0.495 e. The minimum atomic E-state index is 0.422. The van der Waals surface area contributed by atoms with E-state index in [2.05, 4.69) is 15.3 Å². The van der Waals surface area contributed by atoms with Crippen molar-refractivity contribution >= 4 is 17.3 Å². The van der Waals surface area contributed by atoms with Crippen LogP contribution in [0.1, 0.15) is 11.4 Å². The summed E-state index contributed by atoms with van der Waals surface area (Å²) < 4.78 is 10.4. The number of anilines is 3. The van der Waals surface area contributed by atoms with Gasteiger partial charge in [0.2, 0.25) is 0 Å². The number of aromatic nitrogens is 2. The molecule has 0 saturated carbocycles. The van der Waals surface area contributed by atoms with E-state index >= 15 is 0 Å². The Morgan fingerprint density at radius 2 is 2.00 bits per heavy atom. The highest BCUT2D eigenvalue weighted by atomic mass is 16.5. The zero-order valence-corrected chi connectivity index (χ0v) is 12.5. The zero-order chi connectivity index (χ0) is 15.2. The van der Waals surface area contributed by atoms with Crippen molar-refractivity contribution in [2.45, 2.75) is 13.3 Å². The summed E-state index contributed by atoms with van der Waals surface area (Å²) in [5.41, 5.74) is 7.79. The maximum absolute atomic E-state index is 5.82. The molecule has 6 nitrogen and oxygen atoms in total. The van der Waals surface area contributed by atoms with Crippen LogP contribution in [0, 0.1) is 6.92 Å². The minimum absolute atomic E-state index is 0.422. The molecule has 3 N–H and O–H groups in total. The number of nitrogens with one attached hydrogen (secondary N) is 1. The lowest BCUT2D eigenvalue weighted by Gasteiger charge is -2.12. The highest BCUT2D eigenvalue weighted by Gasteiger charge is 2.07. The molecule has 0 aliphatic rings. The Hall–Kier alpha value is -2.34. The Kier molecular flexibility index (Phi) is 4.94. The molecule has 1 aromatic heterocycles. The predicted molar refractivity (Wildman–Crippen MR) is 83.0 cm³/mol. The third-order valence-electron chi connectivity index (χ3n) is 2.94. The van der Waals surface area contributed by atoms with Crippen molar-refractivity contribution in [3.8, 4) is 5.75 Å². The molecule has 1 heterocycles. The zero-order valence-electron chi connectivity index (χ0n) is 12.5. The van der Waals surface area contributed by atoms with Crippen LogP contribution in [-0.2, 0) is 11.2 Å². The quantitative estimate of drug-likeness (QED) is 0.848. The fraction of sp³-hybridized carbons (Fsp3) is 0.333. The molecule has 0 saturated heterocycles. The third-order valence-corrected chi connectivity index (χ3v) is 2.94. The molecule has 0 aliphatic carbocycles. The van der Waals surface area contributed by atoms with Crippen LogP contribution < -0.4 is 15.8 Å². The molecule has 0 unspecified atom stereocenters. The molecule has 0 spiro atoms. The Labute approximate surface area is 124 Å². The van der Waals surface area contributed by atoms with Crippen LogP contribution in [0.5, 0.6) is 5.75 Å². The number of nitrogens with zero attached hydrogens (tertiary/aromatic N) is 2. The van der Waals surface area contributed by atoms with Gasteiger partial charge in [0.05, 0.1) is 19.4 Å². The van der Waals surface area contributed by atoms with Crippen LogP contribution in [0.15, 0.2) is 24.3 Å². The van der Waals surface area contributed by atoms with E-state index in [-0.39, 0.29) is 0 Å². The first kappa shape index (κ1) is 15.1. The summed E-state index contributed by atoms with van der Waals surface area (Å²) in [6.45, 7) is 2.57. The molecule has 1 aromatic carbocycles. The van der Waals surface area contributed by atoms with Crippen LogP contribution >= 0.6 is 0 Å². The highest BCUT2D eigenvalue weighted by molar-refractivity contribution is 5.66. The third kappa shape index (κ3) is 4.06. The van der Waals surface area contributed by atoms with Crippen LogP contribution in [0.4, 0.5) is 17.3 Å². The van der Waals surface area contributed by atoms with E-state index in [1.807, 2.05) is 25.1 Å². The lowest BCUT2D eigenvalue weighted by atomic mass is 10.2. The molecule has 0 aliphatic heterocycles. The normalized spacial score (nSPS) is 10.4. The van der Waals surface area contributed by atoms with Crippen LogP contribution in [-0.4, -0.2) is 30.8 Å². The van der Waals surface area contributed by atoms with Gasteiger partial charge in [-0.1, -0.05) is 6.07 Å². The first-order valence-electron chi connectivity index (χ1n) is 6.66. The summed E-state index contributed by atoms with van der Waals surface area (Å²) in [7, 11) is 3.28. The van der Waals surface area contributed by atoms with Crippen molar-refractivity contribution in [3.05, 3.63) is 35.7 Å². The summed E-state index contributed by atoms with van der Waals surface area (Å²) in [6, 6.07) is 7.58. The predicted octanol–water partition coefficient (Wildman–Crippen LogP) is 2.31. The Morgan fingerprint density at radius 1 is 1.19 bits per heavy atom. The summed E-state index contributed by atoms with van der Waals surface area (Å²) in [5, 5.41) is 3.22. The molecule has 0 bridgehead atoms. The van der Waals surface area contributed by atoms with E-state index in [0.29, 0.717) is 30.5 Å². The maximum atomic E-state index is 5.82. The Bertz CT molecular complexity index is 617. The van der Waals surface area contributed by atoms with E-state index < -0.39 is 0 Å². The van der Waals surface area contributed by atoms with Gasteiger partial charge in [0.1, 0.15) is 23.2 Å². The monoisotopic (exact) mass is 288 g/mol. The van der Waals surface area contributed by atoms with Crippen LogP contribution in [0.25, 0.3) is 0 Å². The molecule has 0 atom stereocenters. The number of hydrogen-bond donors (Lipinski definition) is 2. The average molecular weight is 288 g/mol. The van der Waals surface area contributed by atoms with E-state index in [0.717, 1.165) is 17.0 Å². The first-order chi connectivity index (χ1) is 10.1. The van der Waals surface area contributed by atoms with Gasteiger partial charge in [0.25, 0.3) is 0 Å². The fourth-order valence-corrected chi connectivity index (χ4v) is 1.94. The summed E-state index contributed by atoms with van der Waals surface area (Å²) in [4.78, 5) is 8.62. The average Bonchev–Trinajstić information content (AvgIpc) is 2.45. The second kappa shape index (κ2) is 6.90. The molecule has 112 valence electrons. The summed E-state index contributed by atoms with van der Waals surface area (Å²) in [5.74, 6) is 2.45. The van der Waals surface area contributed by atoms with E-state index in [1.165, 1.54) is 0 Å². The lowest BCUT2D eigenvalue weighted by molar-refractivity contribution is 0.200. The minimum Gasteiger partial charge on any atom is -0.495 e. The van der Waals surface area contributed by atoms with E-state index in [1.54, 1.807) is 20.3 Å². The number of ether oxygens (including phenoxy) is 2. The molecule has 2 rings (SSSR count). The number of nitrogens with two attached hydrogens (primary N) is 1. The van der Waals surface area contributed by atoms with Crippen LogP contribution in [0.2, 0.25) is 0 Å². The van der Waals surface area contributed by atoms with Crippen molar-refractivity contribution in [2.75, 3.05) is 31.9 Å². The molecular formula is C15H20N4O2. The van der Waals surface area contributed by atoms with Gasteiger partial charge in [-0.2, -0.15) is 0 Å². The number of nitrogen functional groups attached to an aromatic ring is 1. The molecule has 2 aromatic rings. The Morgan fingerprint density at radius 3 is 2.71 bits per heavy atom. The number of methoxy groups -OCH3 is 2. The number of aryl methyl sites for hydroxylation is 1. The van der Waals surface area contributed by atoms with Gasteiger partial charge < -0.3 is 20.5 Å². The smallest absolute Gasteiger partial charge is 0.142 e. The lowest BCUT2D eigenvalue weighted by Crippen LogP contribution is -2.06. The van der Waals surface area contributed by atoms with Crippen molar-refractivity contribution in [1.82, 2.24) is 9.97 Å². The van der Waals surface area contributed by atoms with E-state index in [9.17, 15) is 0 Å². The second-order valence-corrected chi connectivity index (χ2v) is 4.67. The molecule has 0 radical (unpaired) electrons. The highest BCUT2D eigenvalue weighted by Crippen LogP contribution is 2.28. The van der Waals surface area contributed by atoms with Gasteiger partial charge in [-0.25, -0.2) is 9.97 Å². The van der Waals surface area contributed by atoms with Gasteiger partial charge in [-0.15, -0.1) is 0 Å². The van der Waals surface area contributed by atoms with Crippen molar-refractivity contribution < 1.29 is 9.47 Å². The van der Waals surface area contributed by atoms with Crippen molar-refractivity contribution in [1.29, 1.82) is 0 Å². The van der Waals surface area contributed by atoms with Gasteiger partial charge in [-0.05, 0) is 24.6 Å². The van der Waals surface area contributed by atoms with Crippen molar-refractivity contribution in [3.63, 3.8) is 0 Å². The topological polar surface area (TPSA) is 82.3 Å². The number of benzene rings is 1. The number of hydrogen-bond acceptors (Lipinski definition) is 6. The Balaban J connectivity index is 2.26. The molecule has 0 amide bonds. The molecule has 0 fully saturated rings. The molecule has 6 heteroatoms.